The van der Waals surface area contributed by atoms with Gasteiger partial charge in [-0.05, 0) is 49.1 Å². The summed E-state index contributed by atoms with van der Waals surface area (Å²) in [6.45, 7) is 3.48. The predicted molar refractivity (Wildman–Crippen MR) is 129 cm³/mol. The molecule has 0 spiro atoms. The molecule has 226 valence electrons. The lowest BCUT2D eigenvalue weighted by molar-refractivity contribution is -0.193. The molecule has 4 aromatic rings. The molecule has 1 amide bonds. The average Bonchev–Trinajstić information content (AvgIpc) is 3.23. The van der Waals surface area contributed by atoms with Crippen LogP contribution in [0.15, 0.2) is 30.6 Å². The normalized spacial score (nSPS) is 16.2. The highest BCUT2D eigenvalue weighted by atomic mass is 19.4. The number of carbonyl (C=O) groups excluding carboxylic acids is 1. The van der Waals surface area contributed by atoms with E-state index in [1.54, 1.807) is 36.8 Å². The smallest absolute Gasteiger partial charge is 0.475 e. The van der Waals surface area contributed by atoms with Crippen LogP contribution >= 0.6 is 0 Å². The molecule has 0 aliphatic heterocycles. The lowest BCUT2D eigenvalue weighted by atomic mass is 9.94. The molecule has 5 rings (SSSR count). The number of hydrogen-bond donors (Lipinski definition) is 4. The fourth-order valence-corrected chi connectivity index (χ4v) is 3.70. The van der Waals surface area contributed by atoms with Crippen molar-refractivity contribution >= 4 is 40.1 Å². The molecular weight excluding hydrogens is 590 g/mol. The van der Waals surface area contributed by atoms with E-state index < -0.39 is 36.4 Å². The summed E-state index contributed by atoms with van der Waals surface area (Å²) in [4.78, 5) is 29.7. The molecule has 1 fully saturated rings. The van der Waals surface area contributed by atoms with Crippen LogP contribution in [0.5, 0.6) is 0 Å². The number of H-pyrrole nitrogens is 1. The SMILES string of the molecule is Cc1c(F)c(C)c2[nH]ncc2c1-c1ccn2nc(NC(=O)[C@@H]3C[C@@H]3F)cc2c1.O=C(O)C(F)(F)F.O=C(O)C(F)(F)F. The van der Waals surface area contributed by atoms with Crippen LogP contribution < -0.4 is 5.32 Å². The molecule has 0 radical (unpaired) electrons. The summed E-state index contributed by atoms with van der Waals surface area (Å²) in [5, 5.41) is 29.0. The lowest BCUT2D eigenvalue weighted by Crippen LogP contribution is -2.21. The number of carboxylic acid groups (broad SMARTS) is 2. The molecule has 3 aromatic heterocycles. The fraction of sp³-hybridized carbons (Fsp3) is 0.292. The van der Waals surface area contributed by atoms with Gasteiger partial charge in [0.15, 0.2) is 5.82 Å². The van der Waals surface area contributed by atoms with Gasteiger partial charge in [0.1, 0.15) is 12.0 Å². The summed E-state index contributed by atoms with van der Waals surface area (Å²) >= 11 is 0. The van der Waals surface area contributed by atoms with Gasteiger partial charge in [-0.15, -0.1) is 0 Å². The predicted octanol–water partition coefficient (Wildman–Crippen LogP) is 5.20. The van der Waals surface area contributed by atoms with Crippen molar-refractivity contribution in [1.29, 1.82) is 0 Å². The third-order valence-corrected chi connectivity index (χ3v) is 5.85. The van der Waals surface area contributed by atoms with Crippen molar-refractivity contribution in [2.24, 2.45) is 5.92 Å². The number of aliphatic carboxylic acids is 2. The Morgan fingerprint density at radius 2 is 1.57 bits per heavy atom. The molecule has 1 aliphatic rings. The summed E-state index contributed by atoms with van der Waals surface area (Å²) in [6.07, 6.45) is -7.51. The zero-order chi connectivity index (χ0) is 31.7. The van der Waals surface area contributed by atoms with E-state index in [1.807, 2.05) is 12.1 Å². The number of fused-ring (bicyclic) bond motifs is 2. The number of halogens is 8. The summed E-state index contributed by atoms with van der Waals surface area (Å²) in [7, 11) is 0. The molecule has 18 heteroatoms. The number of hydrogen-bond acceptors (Lipinski definition) is 5. The average molecular weight is 609 g/mol. The number of rotatable bonds is 3. The largest absolute Gasteiger partial charge is 0.490 e. The minimum Gasteiger partial charge on any atom is -0.475 e. The van der Waals surface area contributed by atoms with Gasteiger partial charge in [-0.25, -0.2) is 22.9 Å². The van der Waals surface area contributed by atoms with Crippen LogP contribution in [0.3, 0.4) is 0 Å². The maximum absolute atomic E-state index is 14.7. The van der Waals surface area contributed by atoms with Crippen molar-refractivity contribution in [2.75, 3.05) is 5.32 Å². The maximum Gasteiger partial charge on any atom is 0.490 e. The molecule has 0 bridgehead atoms. The van der Waals surface area contributed by atoms with Gasteiger partial charge in [0.05, 0.1) is 23.1 Å². The number of anilines is 1. The monoisotopic (exact) mass is 609 g/mol. The van der Waals surface area contributed by atoms with Crippen molar-refractivity contribution in [3.8, 4) is 11.1 Å². The number of alkyl halides is 7. The minimum atomic E-state index is -5.08. The second kappa shape index (κ2) is 11.6. The zero-order valence-corrected chi connectivity index (χ0v) is 21.2. The topological polar surface area (TPSA) is 150 Å². The van der Waals surface area contributed by atoms with Crippen molar-refractivity contribution in [2.45, 2.75) is 38.8 Å². The van der Waals surface area contributed by atoms with Gasteiger partial charge in [-0.1, -0.05) is 0 Å². The second-order valence-corrected chi connectivity index (χ2v) is 8.87. The van der Waals surface area contributed by atoms with Crippen LogP contribution in [-0.4, -0.2) is 66.4 Å². The number of carboxylic acids is 2. The first-order valence-corrected chi connectivity index (χ1v) is 11.5. The van der Waals surface area contributed by atoms with E-state index in [9.17, 15) is 39.9 Å². The first kappa shape index (κ1) is 31.8. The zero-order valence-electron chi connectivity index (χ0n) is 21.2. The van der Waals surface area contributed by atoms with Crippen LogP contribution in [0, 0.1) is 25.6 Å². The molecule has 3 heterocycles. The number of amides is 1. The van der Waals surface area contributed by atoms with E-state index >= 15 is 0 Å². The van der Waals surface area contributed by atoms with Crippen LogP contribution in [0.1, 0.15) is 17.5 Å². The third kappa shape index (κ3) is 7.10. The molecule has 4 N–H and O–H groups in total. The first-order valence-electron chi connectivity index (χ1n) is 11.5. The number of aromatic amines is 1. The first-order chi connectivity index (χ1) is 19.3. The third-order valence-electron chi connectivity index (χ3n) is 5.85. The summed E-state index contributed by atoms with van der Waals surface area (Å²) in [6, 6.07) is 5.43. The molecule has 0 saturated heterocycles. The Bertz CT molecular complexity index is 1640. The molecule has 42 heavy (non-hydrogen) atoms. The van der Waals surface area contributed by atoms with E-state index in [-0.39, 0.29) is 18.1 Å². The van der Waals surface area contributed by atoms with E-state index in [1.165, 1.54) is 0 Å². The van der Waals surface area contributed by atoms with Gasteiger partial charge < -0.3 is 15.5 Å². The van der Waals surface area contributed by atoms with Crippen molar-refractivity contribution in [3.05, 3.63) is 47.5 Å². The lowest BCUT2D eigenvalue weighted by Gasteiger charge is -2.12. The highest BCUT2D eigenvalue weighted by Crippen LogP contribution is 2.36. The Morgan fingerprint density at radius 1 is 1.02 bits per heavy atom. The van der Waals surface area contributed by atoms with E-state index in [0.29, 0.717) is 22.5 Å². The van der Waals surface area contributed by atoms with E-state index in [2.05, 4.69) is 20.6 Å². The Hall–Kier alpha value is -4.77. The molecule has 10 nitrogen and oxygen atoms in total. The Kier molecular flexibility index (Phi) is 8.78. The van der Waals surface area contributed by atoms with Gasteiger partial charge in [0.25, 0.3) is 0 Å². The van der Waals surface area contributed by atoms with Gasteiger partial charge >= 0.3 is 24.3 Å². The van der Waals surface area contributed by atoms with Crippen LogP contribution in [-0.2, 0) is 14.4 Å². The number of aromatic nitrogens is 4. The Balaban J connectivity index is 0.000000289. The molecule has 1 aliphatic carbocycles. The van der Waals surface area contributed by atoms with Gasteiger partial charge in [0, 0.05) is 23.2 Å². The molecule has 0 unspecified atom stereocenters. The summed E-state index contributed by atoms with van der Waals surface area (Å²) < 4.78 is 92.9. The number of pyridine rings is 1. The number of aryl methyl sites for hydroxylation is 1. The van der Waals surface area contributed by atoms with Gasteiger partial charge in [0.2, 0.25) is 5.91 Å². The minimum absolute atomic E-state index is 0.265. The number of benzene rings is 1. The van der Waals surface area contributed by atoms with Crippen molar-refractivity contribution in [1.82, 2.24) is 19.8 Å². The van der Waals surface area contributed by atoms with Crippen LogP contribution in [0.25, 0.3) is 27.5 Å². The van der Waals surface area contributed by atoms with Gasteiger partial charge in [-0.3, -0.25) is 9.89 Å². The Labute approximate surface area is 228 Å². The number of carbonyl (C=O) groups is 3. The summed E-state index contributed by atoms with van der Waals surface area (Å²) in [5.41, 5.74) is 4.07. The number of nitrogens with zero attached hydrogens (tertiary/aromatic N) is 3. The molecular formula is C24H19F8N5O5. The quantitative estimate of drug-likeness (QED) is 0.233. The molecule has 2 atom stereocenters. The second-order valence-electron chi connectivity index (χ2n) is 8.87. The highest BCUT2D eigenvalue weighted by molar-refractivity contribution is 5.99. The highest BCUT2D eigenvalue weighted by Gasteiger charge is 2.44. The standard InChI is InChI=1S/C20H17F2N5O.2C2HF3O2/c1-9-17(14-8-23-25-19(14)10(2)18(9)22)11-3-4-27-12(5-11)6-16(26-27)24-20(28)13-7-15(13)21;2*3-2(4,5)1(6)7/h3-6,8,13,15H,7H2,1-2H3,(H,23,25)(H,24,26,28);2*(H,6,7)/t13-,15+;;/m1../s1. The van der Waals surface area contributed by atoms with E-state index in [4.69, 9.17) is 19.8 Å². The van der Waals surface area contributed by atoms with Crippen LogP contribution in [0.2, 0.25) is 0 Å². The number of nitrogens with one attached hydrogen (secondary N) is 2. The fourth-order valence-electron chi connectivity index (χ4n) is 3.70. The van der Waals surface area contributed by atoms with Gasteiger partial charge in [-0.2, -0.15) is 36.5 Å². The van der Waals surface area contributed by atoms with Crippen LogP contribution in [0.4, 0.5) is 40.9 Å². The van der Waals surface area contributed by atoms with E-state index in [0.717, 1.165) is 22.0 Å². The van der Waals surface area contributed by atoms with Crippen molar-refractivity contribution in [3.63, 3.8) is 0 Å². The molecule has 1 aromatic carbocycles. The molecule has 1 saturated carbocycles. The van der Waals surface area contributed by atoms with Crippen molar-refractivity contribution < 1.29 is 59.7 Å². The maximum atomic E-state index is 14.7. The summed E-state index contributed by atoms with van der Waals surface area (Å²) in [5.74, 6) is -6.35. The Morgan fingerprint density at radius 3 is 2.07 bits per heavy atom.